The molecule has 0 amide bonds. The monoisotopic (exact) mass is 311 g/mol. The molecule has 0 aliphatic carbocycles. The molecule has 0 bridgehead atoms. The Bertz CT molecular complexity index is 685. The molecule has 6 nitrogen and oxygen atoms in total. The van der Waals surface area contributed by atoms with Crippen LogP contribution in [0.1, 0.15) is 12.5 Å². The van der Waals surface area contributed by atoms with Crippen molar-refractivity contribution in [2.45, 2.75) is 18.2 Å². The number of nitrogens with zero attached hydrogens (tertiary/aromatic N) is 1. The molecule has 2 atom stereocenters. The number of carboxylic acid groups (broad SMARTS) is 1. The lowest BCUT2D eigenvalue weighted by Crippen LogP contribution is -2.30. The summed E-state index contributed by atoms with van der Waals surface area (Å²) in [5, 5.41) is 9.15. The topological polar surface area (TPSA) is 83.9 Å². The first-order valence-electron chi connectivity index (χ1n) is 6.89. The van der Waals surface area contributed by atoms with Crippen molar-refractivity contribution in [3.8, 4) is 5.75 Å². The maximum absolute atomic E-state index is 12.8. The van der Waals surface area contributed by atoms with Crippen LogP contribution in [-0.4, -0.2) is 43.5 Å². The standard InChI is InChI=1S/C14H17NO5S/c1-9-7-15(8-11(9)14(16)17)21(18,19)12-4-2-3-10-5-6-20-13(10)12/h2-4,9,11H,5-8H2,1H3,(H,16,17)/t9-,11-/m1/s1. The lowest BCUT2D eigenvalue weighted by molar-refractivity contribution is -0.142. The molecular formula is C14H17NO5S. The third kappa shape index (κ3) is 2.30. The zero-order valence-corrected chi connectivity index (χ0v) is 12.5. The van der Waals surface area contributed by atoms with Gasteiger partial charge in [0, 0.05) is 19.5 Å². The largest absolute Gasteiger partial charge is 0.492 e. The van der Waals surface area contributed by atoms with E-state index in [9.17, 15) is 13.2 Å². The summed E-state index contributed by atoms with van der Waals surface area (Å²) in [6.45, 7) is 2.49. The highest BCUT2D eigenvalue weighted by Gasteiger charge is 2.42. The van der Waals surface area contributed by atoms with Gasteiger partial charge in [0.2, 0.25) is 10.0 Å². The highest BCUT2D eigenvalue weighted by Crippen LogP contribution is 2.36. The molecule has 0 spiro atoms. The molecule has 114 valence electrons. The van der Waals surface area contributed by atoms with Gasteiger partial charge >= 0.3 is 5.97 Å². The number of aliphatic carboxylic acids is 1. The fourth-order valence-corrected chi connectivity index (χ4v) is 4.71. The fraction of sp³-hybridized carbons (Fsp3) is 0.500. The third-order valence-electron chi connectivity index (χ3n) is 4.19. The molecule has 7 heteroatoms. The summed E-state index contributed by atoms with van der Waals surface area (Å²) in [6, 6.07) is 5.08. The van der Waals surface area contributed by atoms with Gasteiger partial charge in [-0.05, 0) is 17.5 Å². The van der Waals surface area contributed by atoms with E-state index in [0.29, 0.717) is 18.8 Å². The summed E-state index contributed by atoms with van der Waals surface area (Å²) in [6.07, 6.45) is 0.701. The highest BCUT2D eigenvalue weighted by atomic mass is 32.2. The Morgan fingerprint density at radius 3 is 2.81 bits per heavy atom. The summed E-state index contributed by atoms with van der Waals surface area (Å²) in [5.41, 5.74) is 0.887. The van der Waals surface area contributed by atoms with Crippen molar-refractivity contribution in [3.63, 3.8) is 0 Å². The van der Waals surface area contributed by atoms with Crippen LogP contribution >= 0.6 is 0 Å². The predicted molar refractivity (Wildman–Crippen MR) is 74.7 cm³/mol. The van der Waals surface area contributed by atoms with Gasteiger partial charge in [-0.3, -0.25) is 4.79 Å². The number of para-hydroxylation sites is 1. The summed E-state index contributed by atoms with van der Waals surface area (Å²) < 4.78 is 32.2. The van der Waals surface area contributed by atoms with E-state index in [1.165, 1.54) is 10.4 Å². The van der Waals surface area contributed by atoms with E-state index >= 15 is 0 Å². The Morgan fingerprint density at radius 1 is 1.38 bits per heavy atom. The first-order valence-corrected chi connectivity index (χ1v) is 8.33. The average Bonchev–Trinajstić information content (AvgIpc) is 3.03. The van der Waals surface area contributed by atoms with Crippen LogP contribution in [0.15, 0.2) is 23.1 Å². The van der Waals surface area contributed by atoms with Gasteiger partial charge in [-0.15, -0.1) is 0 Å². The molecule has 0 unspecified atom stereocenters. The molecule has 0 saturated carbocycles. The van der Waals surface area contributed by atoms with Crippen molar-refractivity contribution in [2.75, 3.05) is 19.7 Å². The zero-order chi connectivity index (χ0) is 15.2. The van der Waals surface area contributed by atoms with Crippen molar-refractivity contribution in [1.82, 2.24) is 4.31 Å². The van der Waals surface area contributed by atoms with Gasteiger partial charge in [0.15, 0.2) is 0 Å². The van der Waals surface area contributed by atoms with Crippen LogP contribution in [0.5, 0.6) is 5.75 Å². The number of rotatable bonds is 3. The number of hydrogen-bond acceptors (Lipinski definition) is 4. The van der Waals surface area contributed by atoms with Crippen molar-refractivity contribution < 1.29 is 23.1 Å². The van der Waals surface area contributed by atoms with E-state index in [2.05, 4.69) is 0 Å². The van der Waals surface area contributed by atoms with Crippen LogP contribution in [0.4, 0.5) is 0 Å². The Hall–Kier alpha value is -1.60. The molecule has 3 rings (SSSR count). The first kappa shape index (κ1) is 14.3. The lowest BCUT2D eigenvalue weighted by atomic mass is 9.99. The molecule has 1 aromatic carbocycles. The minimum absolute atomic E-state index is 0.0164. The quantitative estimate of drug-likeness (QED) is 0.899. The first-order chi connectivity index (χ1) is 9.91. The molecular weight excluding hydrogens is 294 g/mol. The second-order valence-corrected chi connectivity index (χ2v) is 7.49. The fourth-order valence-electron chi connectivity index (χ4n) is 2.97. The normalized spacial score (nSPS) is 25.6. The minimum Gasteiger partial charge on any atom is -0.492 e. The lowest BCUT2D eigenvalue weighted by Gasteiger charge is -2.17. The maximum atomic E-state index is 12.8. The number of ether oxygens (including phenoxy) is 1. The molecule has 1 saturated heterocycles. The maximum Gasteiger partial charge on any atom is 0.308 e. The van der Waals surface area contributed by atoms with Gasteiger partial charge in [0.05, 0.1) is 12.5 Å². The van der Waals surface area contributed by atoms with Gasteiger partial charge in [-0.25, -0.2) is 8.42 Å². The number of sulfonamides is 1. The Labute approximate surface area is 123 Å². The van der Waals surface area contributed by atoms with E-state index in [1.54, 1.807) is 13.0 Å². The number of benzene rings is 1. The van der Waals surface area contributed by atoms with Gasteiger partial charge in [0.1, 0.15) is 10.6 Å². The van der Waals surface area contributed by atoms with E-state index in [1.807, 2.05) is 6.07 Å². The number of fused-ring (bicyclic) bond motifs is 1. The molecule has 0 aromatic heterocycles. The van der Waals surface area contributed by atoms with Crippen LogP contribution < -0.4 is 4.74 Å². The van der Waals surface area contributed by atoms with Gasteiger partial charge in [-0.1, -0.05) is 19.1 Å². The van der Waals surface area contributed by atoms with Crippen LogP contribution in [0, 0.1) is 11.8 Å². The van der Waals surface area contributed by atoms with Crippen molar-refractivity contribution in [3.05, 3.63) is 23.8 Å². The Kier molecular flexibility index (Phi) is 3.41. The second kappa shape index (κ2) is 4.99. The van der Waals surface area contributed by atoms with Crippen LogP contribution in [-0.2, 0) is 21.2 Å². The molecule has 0 radical (unpaired) electrons. The molecule has 1 N–H and O–H groups in total. The number of carbonyl (C=O) groups is 1. The highest BCUT2D eigenvalue weighted by molar-refractivity contribution is 7.89. The SMILES string of the molecule is C[C@@H]1CN(S(=O)(=O)c2cccc3c2OCC3)C[C@H]1C(=O)O. The van der Waals surface area contributed by atoms with Gasteiger partial charge < -0.3 is 9.84 Å². The Morgan fingerprint density at radius 2 is 2.14 bits per heavy atom. The van der Waals surface area contributed by atoms with E-state index < -0.39 is 21.9 Å². The van der Waals surface area contributed by atoms with E-state index in [-0.39, 0.29) is 23.9 Å². The molecule has 2 aliphatic rings. The Balaban J connectivity index is 1.96. The van der Waals surface area contributed by atoms with Gasteiger partial charge in [-0.2, -0.15) is 4.31 Å². The molecule has 21 heavy (non-hydrogen) atoms. The molecule has 1 fully saturated rings. The van der Waals surface area contributed by atoms with Crippen LogP contribution in [0.3, 0.4) is 0 Å². The van der Waals surface area contributed by atoms with Crippen LogP contribution in [0.25, 0.3) is 0 Å². The van der Waals surface area contributed by atoms with E-state index in [0.717, 1.165) is 5.56 Å². The molecule has 2 aliphatic heterocycles. The van der Waals surface area contributed by atoms with Crippen molar-refractivity contribution in [1.29, 1.82) is 0 Å². The molecule has 1 aromatic rings. The summed E-state index contributed by atoms with van der Waals surface area (Å²) in [5.74, 6) is -1.38. The zero-order valence-electron chi connectivity index (χ0n) is 11.7. The third-order valence-corrected chi connectivity index (χ3v) is 6.05. The van der Waals surface area contributed by atoms with E-state index in [4.69, 9.17) is 9.84 Å². The van der Waals surface area contributed by atoms with Crippen molar-refractivity contribution >= 4 is 16.0 Å². The smallest absolute Gasteiger partial charge is 0.308 e. The minimum atomic E-state index is -3.72. The predicted octanol–water partition coefficient (Wildman–Crippen LogP) is 0.963. The second-order valence-electron chi connectivity index (χ2n) is 5.59. The summed E-state index contributed by atoms with van der Waals surface area (Å²) in [7, 11) is -3.72. The van der Waals surface area contributed by atoms with Crippen LogP contribution in [0.2, 0.25) is 0 Å². The summed E-state index contributed by atoms with van der Waals surface area (Å²) in [4.78, 5) is 11.3. The summed E-state index contributed by atoms with van der Waals surface area (Å²) >= 11 is 0. The number of hydrogen-bond donors (Lipinski definition) is 1. The average molecular weight is 311 g/mol. The van der Waals surface area contributed by atoms with Gasteiger partial charge in [0.25, 0.3) is 0 Å². The van der Waals surface area contributed by atoms with Crippen molar-refractivity contribution in [2.24, 2.45) is 11.8 Å². The number of carboxylic acids is 1. The molecule has 2 heterocycles.